The van der Waals surface area contributed by atoms with Gasteiger partial charge >= 0.3 is 0 Å². The van der Waals surface area contributed by atoms with Crippen molar-refractivity contribution >= 4 is 11.8 Å². The molecule has 0 saturated heterocycles. The molecule has 0 spiro atoms. The third-order valence-corrected chi connectivity index (χ3v) is 3.60. The van der Waals surface area contributed by atoms with E-state index in [-0.39, 0.29) is 18.2 Å². The first kappa shape index (κ1) is 16.7. The van der Waals surface area contributed by atoms with E-state index in [1.54, 1.807) is 10.7 Å². The van der Waals surface area contributed by atoms with E-state index in [4.69, 9.17) is 0 Å². The highest BCUT2D eigenvalue weighted by Gasteiger charge is 2.10. The number of hydrazine groups is 1. The Morgan fingerprint density at radius 2 is 1.83 bits per heavy atom. The van der Waals surface area contributed by atoms with Gasteiger partial charge in [0.15, 0.2) is 0 Å². The second-order valence-electron chi connectivity index (χ2n) is 5.72. The van der Waals surface area contributed by atoms with Crippen molar-refractivity contribution in [3.05, 3.63) is 52.3 Å². The van der Waals surface area contributed by atoms with Gasteiger partial charge in [-0.25, -0.2) is 0 Å². The van der Waals surface area contributed by atoms with E-state index in [2.05, 4.69) is 16.0 Å². The monoisotopic (exact) mass is 314 g/mol. The molecule has 23 heavy (non-hydrogen) atoms. The molecule has 2 N–H and O–H groups in total. The summed E-state index contributed by atoms with van der Waals surface area (Å²) in [6.07, 6.45) is 0.245. The molecule has 0 aliphatic rings. The highest BCUT2D eigenvalue weighted by molar-refractivity contribution is 5.96. The van der Waals surface area contributed by atoms with Gasteiger partial charge in [-0.15, -0.1) is 0 Å². The van der Waals surface area contributed by atoms with Crippen LogP contribution in [-0.4, -0.2) is 21.6 Å². The minimum atomic E-state index is -0.318. The molecule has 0 aliphatic carbocycles. The Kier molecular flexibility index (Phi) is 5.16. The first-order valence-electron chi connectivity index (χ1n) is 7.54. The molecular weight excluding hydrogens is 292 g/mol. The van der Waals surface area contributed by atoms with Gasteiger partial charge in [0.1, 0.15) is 0 Å². The summed E-state index contributed by atoms with van der Waals surface area (Å²) in [4.78, 5) is 23.9. The molecule has 0 radical (unpaired) electrons. The second-order valence-corrected chi connectivity index (χ2v) is 5.72. The lowest BCUT2D eigenvalue weighted by Gasteiger charge is -2.10. The predicted molar refractivity (Wildman–Crippen MR) is 87.8 cm³/mol. The van der Waals surface area contributed by atoms with Gasteiger partial charge in [-0.05, 0) is 45.4 Å². The van der Waals surface area contributed by atoms with Gasteiger partial charge in [-0.3, -0.25) is 25.1 Å². The van der Waals surface area contributed by atoms with Crippen molar-refractivity contribution in [2.75, 3.05) is 0 Å². The van der Waals surface area contributed by atoms with Crippen molar-refractivity contribution < 1.29 is 9.59 Å². The number of hydrogen-bond donors (Lipinski definition) is 2. The molecule has 0 aliphatic heterocycles. The van der Waals surface area contributed by atoms with Gasteiger partial charge in [0.05, 0.1) is 12.2 Å². The summed E-state index contributed by atoms with van der Waals surface area (Å²) < 4.78 is 1.78. The van der Waals surface area contributed by atoms with E-state index >= 15 is 0 Å². The number of benzene rings is 1. The maximum Gasteiger partial charge on any atom is 0.269 e. The van der Waals surface area contributed by atoms with Crippen LogP contribution < -0.4 is 10.9 Å². The van der Waals surface area contributed by atoms with Crippen LogP contribution in [0, 0.1) is 27.7 Å². The summed E-state index contributed by atoms with van der Waals surface area (Å²) in [6, 6.07) is 7.51. The Labute approximate surface area is 135 Å². The molecule has 2 aromatic rings. The third kappa shape index (κ3) is 4.42. The lowest BCUT2D eigenvalue weighted by molar-refractivity contribution is -0.122. The van der Waals surface area contributed by atoms with Crippen LogP contribution >= 0.6 is 0 Å². The largest absolute Gasteiger partial charge is 0.273 e. The fraction of sp³-hybridized carbons (Fsp3) is 0.353. The van der Waals surface area contributed by atoms with E-state index in [9.17, 15) is 9.59 Å². The van der Waals surface area contributed by atoms with Crippen molar-refractivity contribution in [2.24, 2.45) is 0 Å². The summed E-state index contributed by atoms with van der Waals surface area (Å²) in [5.41, 5.74) is 9.33. The lowest BCUT2D eigenvalue weighted by atomic mass is 10.1. The number of nitrogens with one attached hydrogen (secondary N) is 2. The highest BCUT2D eigenvalue weighted by atomic mass is 16.2. The Morgan fingerprint density at radius 1 is 1.09 bits per heavy atom. The van der Waals surface area contributed by atoms with Gasteiger partial charge in [0.2, 0.25) is 5.91 Å². The average molecular weight is 314 g/mol. The first-order valence-corrected chi connectivity index (χ1v) is 7.54. The molecule has 0 unspecified atom stereocenters. The number of nitrogens with zero attached hydrogens (tertiary/aromatic N) is 2. The summed E-state index contributed by atoms with van der Waals surface area (Å²) in [7, 11) is 0. The van der Waals surface area contributed by atoms with Crippen LogP contribution in [0.4, 0.5) is 0 Å². The van der Waals surface area contributed by atoms with Crippen LogP contribution in [0.1, 0.15) is 39.3 Å². The number of aryl methyl sites for hydroxylation is 5. The Morgan fingerprint density at radius 3 is 2.43 bits per heavy atom. The van der Waals surface area contributed by atoms with Crippen molar-refractivity contribution in [3.63, 3.8) is 0 Å². The van der Waals surface area contributed by atoms with Crippen LogP contribution in [0.2, 0.25) is 0 Å². The zero-order valence-electron chi connectivity index (χ0n) is 13.9. The topological polar surface area (TPSA) is 76.0 Å². The maximum atomic E-state index is 12.1. The molecule has 6 nitrogen and oxygen atoms in total. The molecule has 122 valence electrons. The molecule has 1 heterocycles. The molecule has 6 heteroatoms. The Hall–Kier alpha value is -2.63. The van der Waals surface area contributed by atoms with Gasteiger partial charge in [0.25, 0.3) is 5.91 Å². The Balaban J connectivity index is 1.84. The SMILES string of the molecule is Cc1ccc(C(=O)NNC(=O)CCn2nc(C)cc2C)c(C)c1. The first-order chi connectivity index (χ1) is 10.9. The number of carbonyl (C=O) groups is 2. The van der Waals surface area contributed by atoms with E-state index in [0.717, 1.165) is 22.5 Å². The summed E-state index contributed by atoms with van der Waals surface area (Å²) in [6.45, 7) is 8.17. The molecule has 0 bridgehead atoms. The summed E-state index contributed by atoms with van der Waals surface area (Å²) >= 11 is 0. The molecule has 0 saturated carbocycles. The van der Waals surface area contributed by atoms with E-state index in [1.807, 2.05) is 45.9 Å². The third-order valence-electron chi connectivity index (χ3n) is 3.60. The van der Waals surface area contributed by atoms with Crippen molar-refractivity contribution in [1.82, 2.24) is 20.6 Å². The van der Waals surface area contributed by atoms with Crippen molar-refractivity contribution in [3.8, 4) is 0 Å². The van der Waals surface area contributed by atoms with Gasteiger partial charge in [-0.2, -0.15) is 5.10 Å². The molecule has 1 aromatic carbocycles. The van der Waals surface area contributed by atoms with E-state index in [0.29, 0.717) is 12.1 Å². The standard InChI is InChI=1S/C17H22N4O2/c1-11-5-6-15(12(2)9-11)17(23)19-18-16(22)7-8-21-14(4)10-13(3)20-21/h5-6,9-10H,7-8H2,1-4H3,(H,18,22)(H,19,23). The number of rotatable bonds is 4. The summed E-state index contributed by atoms with van der Waals surface area (Å²) in [5, 5.41) is 4.29. The molecule has 1 aromatic heterocycles. The zero-order valence-corrected chi connectivity index (χ0v) is 13.9. The number of hydrogen-bond acceptors (Lipinski definition) is 3. The second kappa shape index (κ2) is 7.09. The molecule has 0 atom stereocenters. The number of amides is 2. The van der Waals surface area contributed by atoms with Crippen LogP contribution in [0.5, 0.6) is 0 Å². The van der Waals surface area contributed by atoms with Crippen LogP contribution in [0.15, 0.2) is 24.3 Å². The van der Waals surface area contributed by atoms with E-state index < -0.39 is 0 Å². The fourth-order valence-corrected chi connectivity index (χ4v) is 2.43. The van der Waals surface area contributed by atoms with Gasteiger partial charge in [0, 0.05) is 17.7 Å². The maximum absolute atomic E-state index is 12.1. The number of carbonyl (C=O) groups excluding carboxylic acids is 2. The van der Waals surface area contributed by atoms with Crippen molar-refractivity contribution in [1.29, 1.82) is 0 Å². The van der Waals surface area contributed by atoms with E-state index in [1.165, 1.54) is 0 Å². The zero-order chi connectivity index (χ0) is 17.0. The van der Waals surface area contributed by atoms with Crippen LogP contribution in [0.3, 0.4) is 0 Å². The Bertz CT molecular complexity index is 734. The molecule has 0 fully saturated rings. The minimum absolute atomic E-state index is 0.245. The van der Waals surface area contributed by atoms with Crippen LogP contribution in [0.25, 0.3) is 0 Å². The predicted octanol–water partition coefficient (Wildman–Crippen LogP) is 1.97. The van der Waals surface area contributed by atoms with Crippen molar-refractivity contribution in [2.45, 2.75) is 40.7 Å². The number of aromatic nitrogens is 2. The molecular formula is C17H22N4O2. The molecule has 2 amide bonds. The fourth-order valence-electron chi connectivity index (χ4n) is 2.43. The minimum Gasteiger partial charge on any atom is -0.273 e. The quantitative estimate of drug-likeness (QED) is 0.847. The smallest absolute Gasteiger partial charge is 0.269 e. The average Bonchev–Trinajstić information content (AvgIpc) is 2.80. The van der Waals surface area contributed by atoms with Crippen LogP contribution in [-0.2, 0) is 11.3 Å². The lowest BCUT2D eigenvalue weighted by Crippen LogP contribution is -2.42. The molecule has 2 rings (SSSR count). The highest BCUT2D eigenvalue weighted by Crippen LogP contribution is 2.10. The normalized spacial score (nSPS) is 10.4. The summed E-state index contributed by atoms with van der Waals surface area (Å²) in [5.74, 6) is -0.572. The van der Waals surface area contributed by atoms with Gasteiger partial charge < -0.3 is 0 Å². The van der Waals surface area contributed by atoms with Gasteiger partial charge in [-0.1, -0.05) is 17.7 Å².